The number of carbonyl (C=O) groups excluding carboxylic acids is 1. The minimum absolute atomic E-state index is 0.0622. The Morgan fingerprint density at radius 3 is 3.20 bits per heavy atom. The topological polar surface area (TPSA) is 46.4 Å². The quantitative estimate of drug-likeness (QED) is 0.689. The van der Waals surface area contributed by atoms with Crippen LogP contribution in [0.2, 0.25) is 0 Å². The summed E-state index contributed by atoms with van der Waals surface area (Å²) in [6, 6.07) is 5.66. The molecule has 2 rings (SSSR count). The predicted octanol–water partition coefficient (Wildman–Crippen LogP) is 1.50. The van der Waals surface area contributed by atoms with Crippen LogP contribution in [0.15, 0.2) is 30.6 Å². The number of rotatable bonds is 3. The van der Waals surface area contributed by atoms with Crippen LogP contribution in [-0.2, 0) is 0 Å². The second-order valence-corrected chi connectivity index (χ2v) is 4.11. The van der Waals surface area contributed by atoms with Crippen LogP contribution in [0.25, 0.3) is 5.52 Å². The largest absolute Gasteiger partial charge is 0.351 e. The number of fused-ring (bicyclic) bond motifs is 1. The Morgan fingerprint density at radius 2 is 2.40 bits per heavy atom. The van der Waals surface area contributed by atoms with Crippen LogP contribution in [0.5, 0.6) is 0 Å². The molecule has 78 valence electrons. The van der Waals surface area contributed by atoms with E-state index in [1.165, 1.54) is 0 Å². The number of pyridine rings is 1. The van der Waals surface area contributed by atoms with Gasteiger partial charge in [0.05, 0.1) is 17.3 Å². The summed E-state index contributed by atoms with van der Waals surface area (Å²) in [5, 5.41) is 6.93. The number of nitrogens with one attached hydrogen (secondary N) is 1. The zero-order chi connectivity index (χ0) is 10.7. The fourth-order valence-electron chi connectivity index (χ4n) is 1.37. The number of hydrogen-bond acceptors (Lipinski definition) is 2. The number of halogens is 1. The fraction of sp³-hybridized carbons (Fsp3) is 0.200. The number of alkyl halides is 1. The molecule has 0 saturated carbocycles. The summed E-state index contributed by atoms with van der Waals surface area (Å²) < 4.78 is 2.60. The molecule has 2 aromatic rings. The minimum Gasteiger partial charge on any atom is -0.351 e. The average molecular weight is 315 g/mol. The molecular formula is C10H10IN3O. The molecule has 0 aliphatic heterocycles. The van der Waals surface area contributed by atoms with E-state index in [1.807, 2.05) is 24.4 Å². The Hall–Kier alpha value is -1.11. The first-order chi connectivity index (χ1) is 7.33. The van der Waals surface area contributed by atoms with Crippen molar-refractivity contribution in [2.24, 2.45) is 0 Å². The third-order valence-corrected chi connectivity index (χ3v) is 2.59. The predicted molar refractivity (Wildman–Crippen MR) is 66.4 cm³/mol. The van der Waals surface area contributed by atoms with Crippen LogP contribution in [0.1, 0.15) is 10.4 Å². The van der Waals surface area contributed by atoms with Crippen LogP contribution in [-0.4, -0.2) is 26.5 Å². The molecule has 0 radical (unpaired) electrons. The van der Waals surface area contributed by atoms with Gasteiger partial charge in [0.2, 0.25) is 0 Å². The minimum atomic E-state index is -0.0622. The molecule has 4 nitrogen and oxygen atoms in total. The summed E-state index contributed by atoms with van der Waals surface area (Å²) in [6.07, 6.45) is 3.42. The first-order valence-electron chi connectivity index (χ1n) is 4.59. The highest BCUT2D eigenvalue weighted by molar-refractivity contribution is 14.1. The first kappa shape index (κ1) is 10.4. The van der Waals surface area contributed by atoms with Gasteiger partial charge in [-0.1, -0.05) is 28.7 Å². The zero-order valence-electron chi connectivity index (χ0n) is 7.98. The Balaban J connectivity index is 2.31. The van der Waals surface area contributed by atoms with E-state index in [9.17, 15) is 4.79 Å². The van der Waals surface area contributed by atoms with Crippen molar-refractivity contribution in [2.45, 2.75) is 0 Å². The molecule has 0 saturated heterocycles. The standard InChI is InChI=1S/C10H10IN3O/c11-4-5-12-10(15)8-7-13-14-6-2-1-3-9(8)14/h1-3,6-7H,4-5H2,(H,12,15). The van der Waals surface area contributed by atoms with E-state index in [-0.39, 0.29) is 5.91 Å². The number of carbonyl (C=O) groups is 1. The van der Waals surface area contributed by atoms with Crippen LogP contribution in [0.3, 0.4) is 0 Å². The molecule has 0 aliphatic rings. The number of nitrogens with zero attached hydrogens (tertiary/aromatic N) is 2. The van der Waals surface area contributed by atoms with E-state index in [1.54, 1.807) is 10.7 Å². The van der Waals surface area contributed by atoms with Gasteiger partial charge in [0.25, 0.3) is 5.91 Å². The van der Waals surface area contributed by atoms with Crippen LogP contribution >= 0.6 is 22.6 Å². The van der Waals surface area contributed by atoms with E-state index >= 15 is 0 Å². The lowest BCUT2D eigenvalue weighted by molar-refractivity contribution is 0.0958. The van der Waals surface area contributed by atoms with E-state index in [4.69, 9.17) is 0 Å². The van der Waals surface area contributed by atoms with Crippen molar-refractivity contribution >= 4 is 34.0 Å². The smallest absolute Gasteiger partial charge is 0.255 e. The molecule has 1 N–H and O–H groups in total. The molecular weight excluding hydrogens is 305 g/mol. The Bertz CT molecular complexity index is 480. The molecule has 15 heavy (non-hydrogen) atoms. The van der Waals surface area contributed by atoms with E-state index in [0.29, 0.717) is 12.1 Å². The molecule has 0 spiro atoms. The number of aromatic nitrogens is 2. The van der Waals surface area contributed by atoms with Crippen LogP contribution < -0.4 is 5.32 Å². The average Bonchev–Trinajstić information content (AvgIpc) is 2.69. The van der Waals surface area contributed by atoms with E-state index in [0.717, 1.165) is 9.94 Å². The molecule has 0 fully saturated rings. The summed E-state index contributed by atoms with van der Waals surface area (Å²) >= 11 is 2.22. The zero-order valence-corrected chi connectivity index (χ0v) is 10.1. The SMILES string of the molecule is O=C(NCCI)c1cnn2ccccc12. The van der Waals surface area contributed by atoms with E-state index in [2.05, 4.69) is 33.0 Å². The maximum Gasteiger partial charge on any atom is 0.255 e. The lowest BCUT2D eigenvalue weighted by Crippen LogP contribution is -2.24. The van der Waals surface area contributed by atoms with Crippen molar-refractivity contribution in [3.05, 3.63) is 36.2 Å². The van der Waals surface area contributed by atoms with Gasteiger partial charge >= 0.3 is 0 Å². The van der Waals surface area contributed by atoms with Crippen molar-refractivity contribution in [2.75, 3.05) is 11.0 Å². The molecule has 2 aromatic heterocycles. The van der Waals surface area contributed by atoms with Gasteiger partial charge < -0.3 is 5.32 Å². The summed E-state index contributed by atoms with van der Waals surface area (Å²) in [4.78, 5) is 11.7. The van der Waals surface area contributed by atoms with Crippen molar-refractivity contribution < 1.29 is 4.79 Å². The number of amides is 1. The molecule has 0 aromatic carbocycles. The van der Waals surface area contributed by atoms with Gasteiger partial charge in [0.1, 0.15) is 0 Å². The molecule has 0 aliphatic carbocycles. The molecule has 0 unspecified atom stereocenters. The van der Waals surface area contributed by atoms with Crippen LogP contribution in [0.4, 0.5) is 0 Å². The molecule has 1 amide bonds. The van der Waals surface area contributed by atoms with Crippen molar-refractivity contribution in [3.63, 3.8) is 0 Å². The lowest BCUT2D eigenvalue weighted by Gasteiger charge is -2.00. The van der Waals surface area contributed by atoms with Crippen molar-refractivity contribution in [1.82, 2.24) is 14.9 Å². The molecule has 5 heteroatoms. The molecule has 0 bridgehead atoms. The highest BCUT2D eigenvalue weighted by Gasteiger charge is 2.10. The second kappa shape index (κ2) is 4.61. The second-order valence-electron chi connectivity index (χ2n) is 3.03. The van der Waals surface area contributed by atoms with Crippen molar-refractivity contribution in [3.8, 4) is 0 Å². The van der Waals surface area contributed by atoms with Crippen molar-refractivity contribution in [1.29, 1.82) is 0 Å². The van der Waals surface area contributed by atoms with Crippen LogP contribution in [0, 0.1) is 0 Å². The Morgan fingerprint density at radius 1 is 1.53 bits per heavy atom. The number of hydrogen-bond donors (Lipinski definition) is 1. The maximum absolute atomic E-state index is 11.7. The lowest BCUT2D eigenvalue weighted by atomic mass is 10.2. The Labute approximate surface area is 101 Å². The summed E-state index contributed by atoms with van der Waals surface area (Å²) in [5.74, 6) is -0.0622. The summed E-state index contributed by atoms with van der Waals surface area (Å²) in [7, 11) is 0. The highest BCUT2D eigenvalue weighted by Crippen LogP contribution is 2.09. The van der Waals surface area contributed by atoms with Gasteiger partial charge in [-0.3, -0.25) is 4.79 Å². The van der Waals surface area contributed by atoms with E-state index < -0.39 is 0 Å². The van der Waals surface area contributed by atoms with Gasteiger partial charge in [-0.25, -0.2) is 4.52 Å². The van der Waals surface area contributed by atoms with Gasteiger partial charge in [-0.15, -0.1) is 0 Å². The van der Waals surface area contributed by atoms with Gasteiger partial charge in [0.15, 0.2) is 0 Å². The first-order valence-corrected chi connectivity index (χ1v) is 6.12. The van der Waals surface area contributed by atoms with Gasteiger partial charge in [-0.05, 0) is 12.1 Å². The van der Waals surface area contributed by atoms with Gasteiger partial charge in [0, 0.05) is 17.2 Å². The maximum atomic E-state index is 11.7. The summed E-state index contributed by atoms with van der Waals surface area (Å²) in [5.41, 5.74) is 1.46. The third kappa shape index (κ3) is 2.11. The highest BCUT2D eigenvalue weighted by atomic mass is 127. The molecule has 2 heterocycles. The van der Waals surface area contributed by atoms with Gasteiger partial charge in [-0.2, -0.15) is 5.10 Å². The third-order valence-electron chi connectivity index (χ3n) is 2.05. The monoisotopic (exact) mass is 315 g/mol. The Kier molecular flexibility index (Phi) is 3.20. The normalized spacial score (nSPS) is 10.5. The summed E-state index contributed by atoms with van der Waals surface area (Å²) in [6.45, 7) is 0.684. The molecule has 0 atom stereocenters. The fourth-order valence-corrected chi connectivity index (χ4v) is 1.64.